The molecule has 1 aliphatic rings. The van der Waals surface area contributed by atoms with Crippen LogP contribution in [0.4, 0.5) is 5.69 Å². The maximum atomic E-state index is 13.1. The van der Waals surface area contributed by atoms with Crippen molar-refractivity contribution in [2.75, 3.05) is 27.6 Å². The average molecular weight is 523 g/mol. The van der Waals surface area contributed by atoms with E-state index >= 15 is 0 Å². The Bertz CT molecular complexity index is 1390. The van der Waals surface area contributed by atoms with Crippen LogP contribution in [0.25, 0.3) is 11.1 Å². The van der Waals surface area contributed by atoms with Crippen molar-refractivity contribution in [1.29, 1.82) is 0 Å². The Kier molecular flexibility index (Phi) is 7.91. The lowest BCUT2D eigenvalue weighted by atomic mass is 9.95. The third kappa shape index (κ3) is 4.68. The van der Waals surface area contributed by atoms with Crippen LogP contribution in [0.15, 0.2) is 63.4 Å². The van der Waals surface area contributed by atoms with Gasteiger partial charge in [-0.25, -0.2) is 0 Å². The monoisotopic (exact) mass is 522 g/mol. The van der Waals surface area contributed by atoms with Crippen LogP contribution in [-0.4, -0.2) is 32.6 Å². The van der Waals surface area contributed by atoms with Gasteiger partial charge < -0.3 is 19.5 Å². The van der Waals surface area contributed by atoms with E-state index in [1.165, 1.54) is 11.8 Å². The quantitative estimate of drug-likeness (QED) is 0.236. The van der Waals surface area contributed by atoms with Gasteiger partial charge in [0.15, 0.2) is 16.9 Å². The molecule has 186 valence electrons. The summed E-state index contributed by atoms with van der Waals surface area (Å²) < 4.78 is 17.1. The molecule has 0 aromatic heterocycles. The summed E-state index contributed by atoms with van der Waals surface area (Å²) in [6.07, 6.45) is 3.16. The van der Waals surface area contributed by atoms with E-state index in [-0.39, 0.29) is 17.2 Å². The number of benzene rings is 2. The Labute approximate surface area is 219 Å². The van der Waals surface area contributed by atoms with Crippen LogP contribution < -0.4 is 25.0 Å². The molecule has 3 aromatic rings. The largest absolute Gasteiger partial charge is 0.493 e. The summed E-state index contributed by atoms with van der Waals surface area (Å²) in [5.41, 5.74) is 4.18. The highest BCUT2D eigenvalue weighted by atomic mass is 32.2. The summed E-state index contributed by atoms with van der Waals surface area (Å²) in [4.78, 5) is 25.5. The van der Waals surface area contributed by atoms with Crippen molar-refractivity contribution in [3.63, 3.8) is 0 Å². The summed E-state index contributed by atoms with van der Waals surface area (Å²) >= 11 is 7.09. The number of hydrogen-bond donors (Lipinski definition) is 1. The zero-order valence-electron chi connectivity index (χ0n) is 20.4. The molecule has 0 fully saturated rings. The molecular weight excluding hydrogens is 496 g/mol. The second kappa shape index (κ2) is 11.1. The van der Waals surface area contributed by atoms with Crippen molar-refractivity contribution in [2.24, 2.45) is 5.18 Å². The average Bonchev–Trinajstić information content (AvgIpc) is 3.15. The number of rotatable bonds is 7. The smallest absolute Gasteiger partial charge is 0.203 e. The first kappa shape index (κ1) is 25.7. The van der Waals surface area contributed by atoms with Gasteiger partial charge in [0, 0.05) is 11.1 Å². The molecular formula is C27H26N2O5S2. The maximum Gasteiger partial charge on any atom is 0.203 e. The van der Waals surface area contributed by atoms with Crippen LogP contribution in [0.3, 0.4) is 0 Å². The molecule has 0 unspecified atom stereocenters. The summed E-state index contributed by atoms with van der Waals surface area (Å²) in [6.45, 7) is 0. The molecule has 0 bridgehead atoms. The predicted octanol–water partition coefficient (Wildman–Crippen LogP) is 5.81. The molecule has 1 atom stereocenters. The lowest BCUT2D eigenvalue weighted by Gasteiger charge is -2.21. The Morgan fingerprint density at radius 1 is 1.06 bits per heavy atom. The number of nitroso groups, excluding NO2 is 1. The number of fused-ring (bicyclic) bond motifs is 3. The second-order valence-electron chi connectivity index (χ2n) is 8.13. The van der Waals surface area contributed by atoms with E-state index in [0.717, 1.165) is 22.3 Å². The van der Waals surface area contributed by atoms with Gasteiger partial charge in [-0.15, -0.1) is 16.7 Å². The van der Waals surface area contributed by atoms with Crippen LogP contribution >= 0.6 is 24.0 Å². The van der Waals surface area contributed by atoms with E-state index in [9.17, 15) is 9.70 Å². The summed E-state index contributed by atoms with van der Waals surface area (Å²) in [5.74, 6) is 1.59. The fourth-order valence-electron chi connectivity index (χ4n) is 4.60. The molecule has 0 heterocycles. The number of ether oxygens (including phenoxy) is 3. The molecule has 0 amide bonds. The number of aryl methyl sites for hydroxylation is 1. The summed E-state index contributed by atoms with van der Waals surface area (Å²) in [7, 11) is 4.74. The number of nitrogens with one attached hydrogen (secondary N) is 1. The van der Waals surface area contributed by atoms with E-state index in [0.29, 0.717) is 45.5 Å². The van der Waals surface area contributed by atoms with Gasteiger partial charge in [-0.3, -0.25) is 4.79 Å². The second-order valence-corrected chi connectivity index (χ2v) is 9.39. The zero-order chi connectivity index (χ0) is 25.8. The maximum absolute atomic E-state index is 13.1. The fourth-order valence-corrected chi connectivity index (χ4v) is 5.38. The normalized spacial score (nSPS) is 14.1. The van der Waals surface area contributed by atoms with Gasteiger partial charge in [-0.2, -0.15) is 0 Å². The minimum Gasteiger partial charge on any atom is -0.493 e. The summed E-state index contributed by atoms with van der Waals surface area (Å²) in [6, 6.07) is 14.0. The Hall–Kier alpha value is -3.43. The highest BCUT2D eigenvalue weighted by Gasteiger charge is 2.29. The van der Waals surface area contributed by atoms with Gasteiger partial charge in [0.1, 0.15) is 10.7 Å². The van der Waals surface area contributed by atoms with Crippen molar-refractivity contribution >= 4 is 34.7 Å². The molecule has 1 aliphatic carbocycles. The third-order valence-corrected chi connectivity index (χ3v) is 7.39. The van der Waals surface area contributed by atoms with Crippen molar-refractivity contribution in [1.82, 2.24) is 5.32 Å². The van der Waals surface area contributed by atoms with Crippen LogP contribution in [0, 0.1) is 4.91 Å². The standard InChI is InChI=1S/C27H26N2O5S2/c1-32-22-13-15-9-11-19(28-27(35)17-7-5-6-8-20(17)29-31)18-14-21(30)23(36-4)12-10-16(18)24(15)26(34-3)25(22)33-2/h5-8,10,12-14,19H,9,11H2,1-4H3,(H,28,35)/t19-/m0/s1. The van der Waals surface area contributed by atoms with Crippen LogP contribution in [-0.2, 0) is 6.42 Å². The van der Waals surface area contributed by atoms with E-state index in [1.54, 1.807) is 51.7 Å². The molecule has 4 rings (SSSR count). The van der Waals surface area contributed by atoms with Crippen molar-refractivity contribution < 1.29 is 14.2 Å². The highest BCUT2D eigenvalue weighted by Crippen LogP contribution is 2.50. The topological polar surface area (TPSA) is 86.2 Å². The number of thioether (sulfide) groups is 1. The van der Waals surface area contributed by atoms with E-state index < -0.39 is 0 Å². The molecule has 0 saturated heterocycles. The van der Waals surface area contributed by atoms with Crippen LogP contribution in [0.1, 0.15) is 29.2 Å². The van der Waals surface area contributed by atoms with Crippen molar-refractivity contribution in [3.05, 3.63) is 80.4 Å². The van der Waals surface area contributed by atoms with E-state index in [2.05, 4.69) is 10.5 Å². The molecule has 0 spiro atoms. The Balaban J connectivity index is 1.94. The first-order valence-corrected chi connectivity index (χ1v) is 12.9. The van der Waals surface area contributed by atoms with Gasteiger partial charge in [-0.1, -0.05) is 30.4 Å². The van der Waals surface area contributed by atoms with Crippen molar-refractivity contribution in [2.45, 2.75) is 23.8 Å². The highest BCUT2D eigenvalue weighted by molar-refractivity contribution is 7.98. The Morgan fingerprint density at radius 2 is 1.81 bits per heavy atom. The molecule has 0 aliphatic heterocycles. The van der Waals surface area contributed by atoms with Crippen molar-refractivity contribution in [3.8, 4) is 28.4 Å². The third-order valence-electron chi connectivity index (χ3n) is 6.27. The fraction of sp³-hybridized carbons (Fsp3) is 0.259. The zero-order valence-corrected chi connectivity index (χ0v) is 22.0. The number of methoxy groups -OCH3 is 3. The first-order chi connectivity index (χ1) is 17.5. The molecule has 36 heavy (non-hydrogen) atoms. The van der Waals surface area contributed by atoms with Gasteiger partial charge in [0.25, 0.3) is 0 Å². The van der Waals surface area contributed by atoms with Gasteiger partial charge in [-0.05, 0) is 71.3 Å². The van der Waals surface area contributed by atoms with E-state index in [4.69, 9.17) is 26.4 Å². The molecule has 3 aromatic carbocycles. The van der Waals surface area contributed by atoms with Gasteiger partial charge in [0.05, 0.1) is 32.3 Å². The lowest BCUT2D eigenvalue weighted by Crippen LogP contribution is -2.28. The lowest BCUT2D eigenvalue weighted by molar-refractivity contribution is 0.324. The van der Waals surface area contributed by atoms with Crippen LogP contribution in [0.5, 0.6) is 17.2 Å². The number of nitrogens with zero attached hydrogens (tertiary/aromatic N) is 1. The van der Waals surface area contributed by atoms with E-state index in [1.807, 2.05) is 24.5 Å². The number of hydrogen-bond acceptors (Lipinski definition) is 8. The van der Waals surface area contributed by atoms with Gasteiger partial charge in [0.2, 0.25) is 5.75 Å². The first-order valence-electron chi connectivity index (χ1n) is 11.2. The van der Waals surface area contributed by atoms with Crippen LogP contribution in [0.2, 0.25) is 0 Å². The molecule has 0 radical (unpaired) electrons. The molecule has 7 nitrogen and oxygen atoms in total. The predicted molar refractivity (Wildman–Crippen MR) is 147 cm³/mol. The SMILES string of the molecule is COc1cc2c(c(OC)c1OC)-c1ccc(SC)c(=O)cc1[C@@H](NC(=S)c1ccccc1N=O)CC2. The minimum atomic E-state index is -0.309. The van der Waals surface area contributed by atoms with Gasteiger partial charge >= 0.3 is 0 Å². The molecule has 0 saturated carbocycles. The minimum absolute atomic E-state index is 0.0840. The molecule has 9 heteroatoms. The summed E-state index contributed by atoms with van der Waals surface area (Å²) in [5, 5.41) is 6.51. The Morgan fingerprint density at radius 3 is 2.47 bits per heavy atom. The molecule has 1 N–H and O–H groups in total. The number of thiocarbonyl (C=S) groups is 1.